The maximum Gasteiger partial charge on any atom is 0.303 e. The van der Waals surface area contributed by atoms with E-state index in [2.05, 4.69) is 21.5 Å². The van der Waals surface area contributed by atoms with Gasteiger partial charge in [-0.3, -0.25) is 9.59 Å². The number of aromatic nitrogens is 3. The van der Waals surface area contributed by atoms with Gasteiger partial charge in [0.05, 0.1) is 37.0 Å². The molecular formula is C27H29N5O6. The zero-order valence-corrected chi connectivity index (χ0v) is 20.7. The lowest BCUT2D eigenvalue weighted by molar-refractivity contribution is -0.145. The smallest absolute Gasteiger partial charge is 0.303 e. The minimum Gasteiger partial charge on any atom is -0.481 e. The van der Waals surface area contributed by atoms with Gasteiger partial charge in [-0.05, 0) is 61.3 Å². The number of aliphatic carboxylic acids is 1. The number of nitrogens with zero attached hydrogens (tertiary/aromatic N) is 4. The van der Waals surface area contributed by atoms with Crippen LogP contribution in [0.4, 0.5) is 5.82 Å². The maximum absolute atomic E-state index is 12.8. The quantitative estimate of drug-likeness (QED) is 0.365. The molecule has 1 saturated carbocycles. The summed E-state index contributed by atoms with van der Waals surface area (Å²) in [5.74, 6) is -1.42. The third-order valence-electron chi connectivity index (χ3n) is 8.17. The molecule has 5 rings (SSSR count). The van der Waals surface area contributed by atoms with Crippen LogP contribution >= 0.6 is 0 Å². The van der Waals surface area contributed by atoms with Gasteiger partial charge in [0.15, 0.2) is 5.82 Å². The van der Waals surface area contributed by atoms with E-state index in [1.165, 1.54) is 10.8 Å². The maximum atomic E-state index is 12.8. The molecule has 4 N–H and O–H groups in total. The van der Waals surface area contributed by atoms with Crippen molar-refractivity contribution in [1.82, 2.24) is 14.6 Å². The fourth-order valence-electron chi connectivity index (χ4n) is 6.43. The van der Waals surface area contributed by atoms with E-state index in [0.29, 0.717) is 36.2 Å². The van der Waals surface area contributed by atoms with E-state index in [4.69, 9.17) is 4.74 Å². The molecule has 0 bridgehead atoms. The summed E-state index contributed by atoms with van der Waals surface area (Å²) in [4.78, 5) is 29.0. The largest absolute Gasteiger partial charge is 0.481 e. The van der Waals surface area contributed by atoms with Gasteiger partial charge in [0.1, 0.15) is 17.3 Å². The molecule has 3 aromatic rings. The molecule has 1 aliphatic carbocycles. The molecule has 198 valence electrons. The Morgan fingerprint density at radius 2 is 2.00 bits per heavy atom. The second kappa shape index (κ2) is 10.1. The van der Waals surface area contributed by atoms with E-state index in [-0.39, 0.29) is 43.5 Å². The Morgan fingerprint density at radius 3 is 2.71 bits per heavy atom. The average molecular weight is 520 g/mol. The van der Waals surface area contributed by atoms with Crippen molar-refractivity contribution in [3.63, 3.8) is 0 Å². The highest BCUT2D eigenvalue weighted by Crippen LogP contribution is 2.56. The summed E-state index contributed by atoms with van der Waals surface area (Å²) in [6.45, 7) is 0.144. The molecule has 5 atom stereocenters. The Labute approximate surface area is 218 Å². The van der Waals surface area contributed by atoms with E-state index in [0.717, 1.165) is 0 Å². The van der Waals surface area contributed by atoms with Crippen LogP contribution in [0.2, 0.25) is 0 Å². The Bertz CT molecular complexity index is 1390. The third-order valence-corrected chi connectivity index (χ3v) is 8.17. The molecule has 3 unspecified atom stereocenters. The highest BCUT2D eigenvalue weighted by molar-refractivity contribution is 6.05. The van der Waals surface area contributed by atoms with Crippen molar-refractivity contribution in [1.29, 1.82) is 5.26 Å². The Morgan fingerprint density at radius 1 is 1.21 bits per heavy atom. The number of rotatable bonds is 7. The Balaban J connectivity index is 1.56. The van der Waals surface area contributed by atoms with Gasteiger partial charge in [-0.2, -0.15) is 10.4 Å². The minimum absolute atomic E-state index is 0.0519. The van der Waals surface area contributed by atoms with Crippen LogP contribution in [-0.2, 0) is 14.9 Å². The molecular weight excluding hydrogens is 490 g/mol. The molecule has 1 amide bonds. The molecule has 0 radical (unpaired) electrons. The first-order chi connectivity index (χ1) is 18.3. The Hall–Kier alpha value is -3.85. The molecule has 1 aliphatic heterocycles. The topological polar surface area (TPSA) is 170 Å². The monoisotopic (exact) mass is 519 g/mol. The number of ether oxygens (including phenoxy) is 1. The number of hydrogen-bond acceptors (Lipinski definition) is 8. The second-order valence-corrected chi connectivity index (χ2v) is 10.2. The van der Waals surface area contributed by atoms with Crippen molar-refractivity contribution >= 4 is 23.2 Å². The lowest BCUT2D eigenvalue weighted by atomic mass is 9.53. The highest BCUT2D eigenvalue weighted by Gasteiger charge is 2.58. The van der Waals surface area contributed by atoms with Gasteiger partial charge in [-0.1, -0.05) is 18.2 Å². The van der Waals surface area contributed by atoms with Gasteiger partial charge in [0.2, 0.25) is 0 Å². The van der Waals surface area contributed by atoms with Gasteiger partial charge >= 0.3 is 5.97 Å². The highest BCUT2D eigenvalue weighted by atomic mass is 16.5. The zero-order chi connectivity index (χ0) is 26.9. The number of benzene rings is 1. The number of aliphatic hydroxyl groups is 2. The summed E-state index contributed by atoms with van der Waals surface area (Å²) >= 11 is 0. The first kappa shape index (κ1) is 25.8. The number of amides is 1. The van der Waals surface area contributed by atoms with Gasteiger partial charge in [-0.25, -0.2) is 9.50 Å². The molecule has 2 aliphatic rings. The standard InChI is InChI=1S/C27H29N5O6/c28-15-27(14-26(12-23(35)36,10-8-22(27)34)18-9-11-38-20(18)13-33)21-7-6-19-24(29-16-30-32(19)21)31-25(37)17-4-2-1-3-5-17/h1-7,16,18,20,22,33-34H,8-14H2,(H,35,36)(H,29,30,31,37)/t18?,20?,22-,26?,27+/m1/s1. The average Bonchev–Trinajstić information content (AvgIpc) is 3.59. The number of carbonyl (C=O) groups excluding carboxylic acids is 1. The van der Waals surface area contributed by atoms with Crippen LogP contribution in [0.5, 0.6) is 0 Å². The molecule has 3 heterocycles. The van der Waals surface area contributed by atoms with Gasteiger partial charge in [-0.15, -0.1) is 0 Å². The van der Waals surface area contributed by atoms with Crippen molar-refractivity contribution < 1.29 is 29.6 Å². The summed E-state index contributed by atoms with van der Waals surface area (Å²) < 4.78 is 7.18. The lowest BCUT2D eigenvalue weighted by Crippen LogP contribution is -2.53. The van der Waals surface area contributed by atoms with Gasteiger partial charge in [0.25, 0.3) is 5.91 Å². The SMILES string of the molecule is N#C[C@]1(c2ccc3c(NC(=O)c4ccccc4)ncnn23)CC(CC(=O)O)(C2CCOC2CO)CC[C@H]1O. The number of hydrogen-bond donors (Lipinski definition) is 4. The molecule has 11 nitrogen and oxygen atoms in total. The molecule has 1 aromatic carbocycles. The molecule has 11 heteroatoms. The van der Waals surface area contributed by atoms with Crippen molar-refractivity contribution in [2.24, 2.45) is 11.3 Å². The van der Waals surface area contributed by atoms with Crippen LogP contribution in [0.3, 0.4) is 0 Å². The summed E-state index contributed by atoms with van der Waals surface area (Å²) in [7, 11) is 0. The number of anilines is 1. The number of aliphatic hydroxyl groups excluding tert-OH is 2. The van der Waals surface area contributed by atoms with Crippen LogP contribution in [0, 0.1) is 22.7 Å². The van der Waals surface area contributed by atoms with E-state index in [1.54, 1.807) is 42.5 Å². The minimum atomic E-state index is -1.49. The molecule has 38 heavy (non-hydrogen) atoms. The van der Waals surface area contributed by atoms with Crippen LogP contribution in [0.25, 0.3) is 5.52 Å². The zero-order valence-electron chi connectivity index (χ0n) is 20.7. The third kappa shape index (κ3) is 4.30. The predicted octanol–water partition coefficient (Wildman–Crippen LogP) is 2.15. The number of carboxylic acid groups (broad SMARTS) is 1. The lowest BCUT2D eigenvalue weighted by Gasteiger charge is -2.50. The van der Waals surface area contributed by atoms with Gasteiger partial charge < -0.3 is 25.4 Å². The number of fused-ring (bicyclic) bond motifs is 1. The van der Waals surface area contributed by atoms with Crippen molar-refractivity contribution in [3.8, 4) is 6.07 Å². The van der Waals surface area contributed by atoms with E-state index in [9.17, 15) is 30.2 Å². The number of carboxylic acids is 1. The number of nitrogens with one attached hydrogen (secondary N) is 1. The molecule has 2 fully saturated rings. The molecule has 1 saturated heterocycles. The van der Waals surface area contributed by atoms with Crippen LogP contribution in [-0.4, -0.2) is 67.2 Å². The second-order valence-electron chi connectivity index (χ2n) is 10.2. The summed E-state index contributed by atoms with van der Waals surface area (Å²) in [5.41, 5.74) is -1.11. The summed E-state index contributed by atoms with van der Waals surface area (Å²) in [5, 5.41) is 48.7. The fraction of sp³-hybridized carbons (Fsp3) is 0.444. The number of carbonyl (C=O) groups is 2. The van der Waals surface area contributed by atoms with Gasteiger partial charge in [0, 0.05) is 12.2 Å². The molecule has 2 aromatic heterocycles. The summed E-state index contributed by atoms with van der Waals surface area (Å²) in [6.07, 6.45) is 0.612. The predicted molar refractivity (Wildman–Crippen MR) is 134 cm³/mol. The Kier molecular flexibility index (Phi) is 6.88. The first-order valence-corrected chi connectivity index (χ1v) is 12.6. The van der Waals surface area contributed by atoms with E-state index in [1.807, 2.05) is 0 Å². The van der Waals surface area contributed by atoms with Crippen LogP contribution in [0.1, 0.15) is 48.2 Å². The van der Waals surface area contributed by atoms with Crippen molar-refractivity contribution in [2.45, 2.75) is 49.7 Å². The van der Waals surface area contributed by atoms with Crippen LogP contribution in [0.15, 0.2) is 48.8 Å². The molecule has 0 spiro atoms. The van der Waals surface area contributed by atoms with Crippen molar-refractivity contribution in [3.05, 3.63) is 60.0 Å². The van der Waals surface area contributed by atoms with Crippen LogP contribution < -0.4 is 5.32 Å². The summed E-state index contributed by atoms with van der Waals surface area (Å²) in [6, 6.07) is 14.3. The normalized spacial score (nSPS) is 29.1. The number of nitriles is 1. The van der Waals surface area contributed by atoms with E-state index < -0.39 is 29.0 Å². The van der Waals surface area contributed by atoms with Crippen molar-refractivity contribution in [2.75, 3.05) is 18.5 Å². The fourth-order valence-corrected chi connectivity index (χ4v) is 6.43. The van der Waals surface area contributed by atoms with E-state index >= 15 is 0 Å². The first-order valence-electron chi connectivity index (χ1n) is 12.6.